The van der Waals surface area contributed by atoms with Crippen LogP contribution < -0.4 is 5.32 Å². The number of hydrogen-bond acceptors (Lipinski definition) is 7. The predicted molar refractivity (Wildman–Crippen MR) is 102 cm³/mol. The Balaban J connectivity index is 2.30. The molecular formula is C17H20ClN3O5S. The van der Waals surface area contributed by atoms with Gasteiger partial charge in [0.15, 0.2) is 0 Å². The summed E-state index contributed by atoms with van der Waals surface area (Å²) in [7, 11) is 1.25. The molecule has 146 valence electrons. The van der Waals surface area contributed by atoms with Gasteiger partial charge in [0, 0.05) is 0 Å². The van der Waals surface area contributed by atoms with E-state index in [0.29, 0.717) is 22.7 Å². The minimum Gasteiger partial charge on any atom is -0.465 e. The summed E-state index contributed by atoms with van der Waals surface area (Å²) >= 11 is 6.90. The minimum atomic E-state index is -0.602. The molecule has 2 heterocycles. The molecule has 0 radical (unpaired) electrons. The molecule has 8 nitrogen and oxygen atoms in total. The number of halogens is 1. The maximum absolute atomic E-state index is 12.4. The Kier molecular flexibility index (Phi) is 6.98. The second kappa shape index (κ2) is 9.01. The van der Waals surface area contributed by atoms with E-state index in [0.717, 1.165) is 11.3 Å². The molecule has 0 saturated heterocycles. The number of carbonyl (C=O) groups is 3. The van der Waals surface area contributed by atoms with Gasteiger partial charge in [0.1, 0.15) is 16.4 Å². The first-order valence-corrected chi connectivity index (χ1v) is 9.36. The minimum absolute atomic E-state index is 0.0908. The van der Waals surface area contributed by atoms with Crippen LogP contribution in [0.1, 0.15) is 44.6 Å². The van der Waals surface area contributed by atoms with Gasteiger partial charge in [-0.1, -0.05) is 18.5 Å². The molecule has 2 aromatic heterocycles. The van der Waals surface area contributed by atoms with Gasteiger partial charge >= 0.3 is 11.9 Å². The van der Waals surface area contributed by atoms with E-state index in [-0.39, 0.29) is 28.6 Å². The highest BCUT2D eigenvalue weighted by Gasteiger charge is 2.27. The summed E-state index contributed by atoms with van der Waals surface area (Å²) < 4.78 is 11.4. The third-order valence-electron chi connectivity index (χ3n) is 3.75. The number of hydrogen-bond donors (Lipinski definition) is 1. The lowest BCUT2D eigenvalue weighted by atomic mass is 10.1. The number of nitrogens with one attached hydrogen (secondary N) is 1. The first-order chi connectivity index (χ1) is 12.8. The second-order valence-electron chi connectivity index (χ2n) is 5.67. The molecule has 1 amide bonds. The molecule has 0 atom stereocenters. The monoisotopic (exact) mass is 413 g/mol. The Labute approximate surface area is 165 Å². The van der Waals surface area contributed by atoms with Crippen LogP contribution in [0.5, 0.6) is 0 Å². The lowest BCUT2D eigenvalue weighted by Gasteiger charge is -2.08. The van der Waals surface area contributed by atoms with Gasteiger partial charge < -0.3 is 14.8 Å². The van der Waals surface area contributed by atoms with Gasteiger partial charge in [-0.2, -0.15) is 5.10 Å². The Morgan fingerprint density at radius 3 is 2.56 bits per heavy atom. The summed E-state index contributed by atoms with van der Waals surface area (Å²) in [6.07, 6.45) is 2.10. The molecule has 0 unspecified atom stereocenters. The van der Waals surface area contributed by atoms with Gasteiger partial charge in [-0.25, -0.2) is 9.59 Å². The smallest absolute Gasteiger partial charge is 0.348 e. The summed E-state index contributed by atoms with van der Waals surface area (Å²) in [6, 6.07) is 0. The van der Waals surface area contributed by atoms with E-state index in [2.05, 4.69) is 10.4 Å². The van der Waals surface area contributed by atoms with Crippen molar-refractivity contribution < 1.29 is 23.9 Å². The number of carbonyl (C=O) groups excluding carboxylic acids is 3. The highest BCUT2D eigenvalue weighted by molar-refractivity contribution is 7.18. The fourth-order valence-corrected chi connectivity index (χ4v) is 3.56. The van der Waals surface area contributed by atoms with Crippen molar-refractivity contribution in [3.63, 3.8) is 0 Å². The highest BCUT2D eigenvalue weighted by atomic mass is 35.5. The molecule has 0 spiro atoms. The van der Waals surface area contributed by atoms with Crippen molar-refractivity contribution in [1.82, 2.24) is 9.78 Å². The Morgan fingerprint density at radius 2 is 2.00 bits per heavy atom. The number of methoxy groups -OCH3 is 1. The third kappa shape index (κ3) is 4.67. The molecule has 0 fully saturated rings. The van der Waals surface area contributed by atoms with Crippen LogP contribution in [0, 0.1) is 13.8 Å². The summed E-state index contributed by atoms with van der Waals surface area (Å²) in [5.41, 5.74) is 1.20. The van der Waals surface area contributed by atoms with E-state index in [4.69, 9.17) is 21.1 Å². The fraction of sp³-hybridized carbons (Fsp3) is 0.412. The molecule has 2 rings (SSSR count). The van der Waals surface area contributed by atoms with Crippen LogP contribution in [0.2, 0.25) is 5.02 Å². The standard InChI is InChI=1S/C17H20ClN3O5S/c1-5-6-26-16(23)13-9(2)14(17(24)25-4)27-15(13)20-12(22)8-21-10(3)11(18)7-19-21/h7H,5-6,8H2,1-4H3,(H,20,22). The number of aromatic nitrogens is 2. The van der Waals surface area contributed by atoms with Crippen molar-refractivity contribution in [3.05, 3.63) is 32.9 Å². The van der Waals surface area contributed by atoms with Gasteiger partial charge in [-0.15, -0.1) is 11.3 Å². The molecule has 0 aliphatic carbocycles. The Morgan fingerprint density at radius 1 is 1.30 bits per heavy atom. The maximum atomic E-state index is 12.4. The van der Waals surface area contributed by atoms with Crippen LogP contribution in [0.4, 0.5) is 5.00 Å². The number of amides is 1. The van der Waals surface area contributed by atoms with Crippen LogP contribution >= 0.6 is 22.9 Å². The largest absolute Gasteiger partial charge is 0.465 e. The fourth-order valence-electron chi connectivity index (χ4n) is 2.29. The first-order valence-electron chi connectivity index (χ1n) is 8.16. The lowest BCUT2D eigenvalue weighted by molar-refractivity contribution is -0.116. The van der Waals surface area contributed by atoms with Crippen LogP contribution in [0.3, 0.4) is 0 Å². The summed E-state index contributed by atoms with van der Waals surface area (Å²) in [6.45, 7) is 5.36. The van der Waals surface area contributed by atoms with E-state index in [9.17, 15) is 14.4 Å². The molecule has 0 aromatic carbocycles. The predicted octanol–water partition coefficient (Wildman–Crippen LogP) is 3.21. The third-order valence-corrected chi connectivity index (χ3v) is 5.31. The molecule has 1 N–H and O–H groups in total. The molecule has 0 aliphatic heterocycles. The molecule has 10 heteroatoms. The topological polar surface area (TPSA) is 99.5 Å². The number of nitrogens with zero attached hydrogens (tertiary/aromatic N) is 2. The lowest BCUT2D eigenvalue weighted by Crippen LogP contribution is -2.21. The average molecular weight is 414 g/mol. The molecule has 0 saturated carbocycles. The van der Waals surface area contributed by atoms with Gasteiger partial charge in [0.25, 0.3) is 0 Å². The SMILES string of the molecule is CCCOC(=O)c1c(NC(=O)Cn2ncc(Cl)c2C)sc(C(=O)OC)c1C. The summed E-state index contributed by atoms with van der Waals surface area (Å²) in [5.74, 6) is -1.60. The van der Waals surface area contributed by atoms with Crippen molar-refractivity contribution in [1.29, 1.82) is 0 Å². The van der Waals surface area contributed by atoms with Crippen LogP contribution in [-0.2, 0) is 20.8 Å². The van der Waals surface area contributed by atoms with E-state index in [1.54, 1.807) is 13.8 Å². The van der Waals surface area contributed by atoms with Crippen molar-refractivity contribution in [2.24, 2.45) is 0 Å². The summed E-state index contributed by atoms with van der Waals surface area (Å²) in [4.78, 5) is 37.0. The van der Waals surface area contributed by atoms with E-state index >= 15 is 0 Å². The van der Waals surface area contributed by atoms with Gasteiger partial charge in [0.05, 0.1) is 36.2 Å². The Bertz CT molecular complexity index is 874. The van der Waals surface area contributed by atoms with Crippen molar-refractivity contribution in [2.45, 2.75) is 33.7 Å². The molecule has 0 bridgehead atoms. The number of thiophene rings is 1. The van der Waals surface area contributed by atoms with Crippen molar-refractivity contribution >= 4 is 45.8 Å². The van der Waals surface area contributed by atoms with E-state index in [1.165, 1.54) is 18.0 Å². The summed E-state index contributed by atoms with van der Waals surface area (Å²) in [5, 5.41) is 7.36. The number of ether oxygens (including phenoxy) is 2. The zero-order valence-corrected chi connectivity index (χ0v) is 17.0. The van der Waals surface area contributed by atoms with Crippen molar-refractivity contribution in [3.8, 4) is 0 Å². The van der Waals surface area contributed by atoms with Crippen LogP contribution in [0.15, 0.2) is 6.20 Å². The van der Waals surface area contributed by atoms with E-state index in [1.807, 2.05) is 6.92 Å². The molecule has 0 aliphatic rings. The molecule has 27 heavy (non-hydrogen) atoms. The van der Waals surface area contributed by atoms with Crippen molar-refractivity contribution in [2.75, 3.05) is 19.0 Å². The van der Waals surface area contributed by atoms with Gasteiger partial charge in [0.2, 0.25) is 5.91 Å². The normalized spacial score (nSPS) is 10.6. The van der Waals surface area contributed by atoms with Gasteiger partial charge in [-0.05, 0) is 25.8 Å². The quantitative estimate of drug-likeness (QED) is 0.699. The highest BCUT2D eigenvalue weighted by Crippen LogP contribution is 2.34. The van der Waals surface area contributed by atoms with Gasteiger partial charge in [-0.3, -0.25) is 9.48 Å². The Hall–Kier alpha value is -2.39. The van der Waals surface area contributed by atoms with E-state index < -0.39 is 17.8 Å². The molecule has 2 aromatic rings. The van der Waals surface area contributed by atoms with Crippen LogP contribution in [0.25, 0.3) is 0 Å². The maximum Gasteiger partial charge on any atom is 0.348 e. The first kappa shape index (κ1) is 20.9. The second-order valence-corrected chi connectivity index (χ2v) is 7.10. The number of esters is 2. The number of rotatable bonds is 7. The van der Waals surface area contributed by atoms with Crippen LogP contribution in [-0.4, -0.2) is 41.3 Å². The zero-order valence-electron chi connectivity index (χ0n) is 15.4. The zero-order chi connectivity index (χ0) is 20.1. The average Bonchev–Trinajstić information content (AvgIpc) is 3.12. The molecular weight excluding hydrogens is 394 g/mol. The number of anilines is 1.